The summed E-state index contributed by atoms with van der Waals surface area (Å²) in [7, 11) is 0. The van der Waals surface area contributed by atoms with Crippen LogP contribution >= 0.6 is 0 Å². The van der Waals surface area contributed by atoms with Crippen LogP contribution in [0.1, 0.15) is 57.4 Å². The molecule has 0 atom stereocenters. The highest BCUT2D eigenvalue weighted by molar-refractivity contribution is 5.94. The van der Waals surface area contributed by atoms with Gasteiger partial charge in [-0.05, 0) is 43.4 Å². The van der Waals surface area contributed by atoms with E-state index in [4.69, 9.17) is 4.52 Å². The number of rotatable bonds is 7. The number of amides is 2. The Morgan fingerprint density at radius 2 is 1.78 bits per heavy atom. The molecule has 1 aliphatic rings. The molecule has 0 bridgehead atoms. The summed E-state index contributed by atoms with van der Waals surface area (Å²) in [6, 6.07) is 17.8. The first-order valence-electron chi connectivity index (χ1n) is 10.9. The van der Waals surface area contributed by atoms with Gasteiger partial charge in [0.25, 0.3) is 11.8 Å². The molecule has 0 aliphatic carbocycles. The van der Waals surface area contributed by atoms with E-state index in [2.05, 4.69) is 22.6 Å². The molecule has 3 aromatic rings. The van der Waals surface area contributed by atoms with Crippen molar-refractivity contribution >= 4 is 11.8 Å². The van der Waals surface area contributed by atoms with Gasteiger partial charge in [0.2, 0.25) is 5.76 Å². The molecule has 1 aliphatic heterocycles. The molecule has 7 heteroatoms. The molecular formula is C25H26FN3O3. The SMILES string of the molecule is O=C(NCCCc1ccccc1)c1cc(C2CCN(C(=O)c3ccccc3F)CC2)no1. The Balaban J connectivity index is 1.24. The van der Waals surface area contributed by atoms with Gasteiger partial charge >= 0.3 is 0 Å². The van der Waals surface area contributed by atoms with Crippen molar-refractivity contribution in [3.05, 3.63) is 89.1 Å². The number of aromatic nitrogens is 1. The fourth-order valence-corrected chi connectivity index (χ4v) is 4.00. The predicted octanol–water partition coefficient (Wildman–Crippen LogP) is 4.20. The number of hydrogen-bond donors (Lipinski definition) is 1. The van der Waals surface area contributed by atoms with Crippen LogP contribution in [0.4, 0.5) is 4.39 Å². The van der Waals surface area contributed by atoms with Gasteiger partial charge in [-0.1, -0.05) is 47.6 Å². The topological polar surface area (TPSA) is 75.4 Å². The maximum Gasteiger partial charge on any atom is 0.289 e. The highest BCUT2D eigenvalue weighted by Gasteiger charge is 2.28. The van der Waals surface area contributed by atoms with E-state index in [1.807, 2.05) is 18.2 Å². The van der Waals surface area contributed by atoms with Gasteiger partial charge in [0, 0.05) is 31.6 Å². The maximum absolute atomic E-state index is 13.9. The number of nitrogens with one attached hydrogen (secondary N) is 1. The van der Waals surface area contributed by atoms with Crippen LogP contribution in [0.3, 0.4) is 0 Å². The number of carbonyl (C=O) groups is 2. The zero-order valence-electron chi connectivity index (χ0n) is 17.8. The number of nitrogens with zero attached hydrogens (tertiary/aromatic N) is 2. The van der Waals surface area contributed by atoms with E-state index in [1.54, 1.807) is 23.1 Å². The van der Waals surface area contributed by atoms with Gasteiger partial charge in [0.15, 0.2) is 0 Å². The van der Waals surface area contributed by atoms with E-state index in [0.29, 0.717) is 32.5 Å². The minimum absolute atomic E-state index is 0.0959. The van der Waals surface area contributed by atoms with Crippen molar-refractivity contribution in [2.24, 2.45) is 0 Å². The van der Waals surface area contributed by atoms with Crippen LogP contribution in [-0.2, 0) is 6.42 Å². The molecule has 0 spiro atoms. The number of aryl methyl sites for hydroxylation is 1. The summed E-state index contributed by atoms with van der Waals surface area (Å²) < 4.78 is 19.2. The Bertz CT molecular complexity index is 1060. The zero-order chi connectivity index (χ0) is 22.3. The first kappa shape index (κ1) is 21.7. The van der Waals surface area contributed by atoms with Crippen LogP contribution in [0.2, 0.25) is 0 Å². The molecule has 0 radical (unpaired) electrons. The van der Waals surface area contributed by atoms with Gasteiger partial charge in [0.05, 0.1) is 11.3 Å². The lowest BCUT2D eigenvalue weighted by Crippen LogP contribution is -2.38. The monoisotopic (exact) mass is 435 g/mol. The first-order chi connectivity index (χ1) is 15.6. The Morgan fingerprint density at radius 1 is 1.06 bits per heavy atom. The van der Waals surface area contributed by atoms with Crippen molar-refractivity contribution in [2.45, 2.75) is 31.6 Å². The third-order valence-electron chi connectivity index (χ3n) is 5.83. The second kappa shape index (κ2) is 10.2. The van der Waals surface area contributed by atoms with E-state index in [0.717, 1.165) is 18.5 Å². The molecule has 1 saturated heterocycles. The fourth-order valence-electron chi connectivity index (χ4n) is 4.00. The minimum atomic E-state index is -0.504. The minimum Gasteiger partial charge on any atom is -0.351 e. The Hall–Kier alpha value is -3.48. The molecule has 4 rings (SSSR count). The van der Waals surface area contributed by atoms with Crippen molar-refractivity contribution in [3.63, 3.8) is 0 Å². The van der Waals surface area contributed by atoms with Gasteiger partial charge in [-0.25, -0.2) is 4.39 Å². The molecule has 0 unspecified atom stereocenters. The van der Waals surface area contributed by atoms with E-state index >= 15 is 0 Å². The zero-order valence-corrected chi connectivity index (χ0v) is 17.8. The molecule has 1 aromatic heterocycles. The summed E-state index contributed by atoms with van der Waals surface area (Å²) in [5, 5.41) is 6.95. The van der Waals surface area contributed by atoms with E-state index in [-0.39, 0.29) is 29.1 Å². The summed E-state index contributed by atoms with van der Waals surface area (Å²) in [6.07, 6.45) is 3.11. The number of halogens is 1. The third kappa shape index (κ3) is 5.22. The normalized spacial score (nSPS) is 14.3. The summed E-state index contributed by atoms with van der Waals surface area (Å²) >= 11 is 0. The molecule has 2 heterocycles. The predicted molar refractivity (Wildman–Crippen MR) is 118 cm³/mol. The lowest BCUT2D eigenvalue weighted by atomic mass is 9.93. The molecule has 2 aromatic carbocycles. The maximum atomic E-state index is 13.9. The van der Waals surface area contributed by atoms with Gasteiger partial charge in [0.1, 0.15) is 5.82 Å². The highest BCUT2D eigenvalue weighted by Crippen LogP contribution is 2.28. The van der Waals surface area contributed by atoms with E-state index in [1.165, 1.54) is 17.7 Å². The fraction of sp³-hybridized carbons (Fsp3) is 0.320. The van der Waals surface area contributed by atoms with E-state index < -0.39 is 5.82 Å². The summed E-state index contributed by atoms with van der Waals surface area (Å²) in [5.74, 6) is -0.774. The summed E-state index contributed by atoms with van der Waals surface area (Å²) in [4.78, 5) is 26.6. The largest absolute Gasteiger partial charge is 0.351 e. The van der Waals surface area contributed by atoms with Crippen molar-refractivity contribution in [1.29, 1.82) is 0 Å². The lowest BCUT2D eigenvalue weighted by molar-refractivity contribution is 0.0706. The highest BCUT2D eigenvalue weighted by atomic mass is 19.1. The molecule has 0 saturated carbocycles. The second-order valence-electron chi connectivity index (χ2n) is 8.01. The van der Waals surface area contributed by atoms with Gasteiger partial charge in [-0.3, -0.25) is 9.59 Å². The average molecular weight is 435 g/mol. The molecule has 1 fully saturated rings. The number of likely N-dealkylation sites (tertiary alicyclic amines) is 1. The van der Waals surface area contributed by atoms with Crippen molar-refractivity contribution in [2.75, 3.05) is 19.6 Å². The van der Waals surface area contributed by atoms with Crippen LogP contribution in [0.15, 0.2) is 65.2 Å². The van der Waals surface area contributed by atoms with Crippen LogP contribution in [0.5, 0.6) is 0 Å². The van der Waals surface area contributed by atoms with Crippen molar-refractivity contribution < 1.29 is 18.5 Å². The molecular weight excluding hydrogens is 409 g/mol. The van der Waals surface area contributed by atoms with Crippen molar-refractivity contribution in [3.8, 4) is 0 Å². The number of hydrogen-bond acceptors (Lipinski definition) is 4. The standard InChI is InChI=1S/C25H26FN3O3/c26-21-11-5-4-10-20(21)25(31)29-15-12-19(13-16-29)22-17-23(32-28-22)24(30)27-14-6-9-18-7-2-1-3-8-18/h1-5,7-8,10-11,17,19H,6,9,12-16H2,(H,27,30). The first-order valence-corrected chi connectivity index (χ1v) is 10.9. The van der Waals surface area contributed by atoms with Crippen LogP contribution in [0, 0.1) is 5.82 Å². The van der Waals surface area contributed by atoms with Gasteiger partial charge in [-0.15, -0.1) is 0 Å². The molecule has 2 amide bonds. The number of benzene rings is 2. The molecule has 32 heavy (non-hydrogen) atoms. The van der Waals surface area contributed by atoms with Crippen molar-refractivity contribution in [1.82, 2.24) is 15.4 Å². The summed E-state index contributed by atoms with van der Waals surface area (Å²) in [5.41, 5.74) is 2.06. The summed E-state index contributed by atoms with van der Waals surface area (Å²) in [6.45, 7) is 1.57. The molecule has 1 N–H and O–H groups in total. The quantitative estimate of drug-likeness (QED) is 0.565. The number of carbonyl (C=O) groups excluding carboxylic acids is 2. The van der Waals surface area contributed by atoms with E-state index in [9.17, 15) is 14.0 Å². The second-order valence-corrected chi connectivity index (χ2v) is 8.01. The number of piperidine rings is 1. The average Bonchev–Trinajstić information content (AvgIpc) is 3.33. The Labute approximate surface area is 186 Å². The lowest BCUT2D eigenvalue weighted by Gasteiger charge is -2.31. The van der Waals surface area contributed by atoms with Crippen LogP contribution in [0.25, 0.3) is 0 Å². The third-order valence-corrected chi connectivity index (χ3v) is 5.83. The molecule has 166 valence electrons. The van der Waals surface area contributed by atoms with Gasteiger partial charge < -0.3 is 14.7 Å². The Morgan fingerprint density at radius 3 is 2.53 bits per heavy atom. The smallest absolute Gasteiger partial charge is 0.289 e. The Kier molecular flexibility index (Phi) is 6.94. The van der Waals surface area contributed by atoms with Gasteiger partial charge in [-0.2, -0.15) is 0 Å². The van der Waals surface area contributed by atoms with Crippen LogP contribution in [-0.4, -0.2) is 41.5 Å². The molecule has 6 nitrogen and oxygen atoms in total. The van der Waals surface area contributed by atoms with Crippen LogP contribution < -0.4 is 5.32 Å².